The zero-order chi connectivity index (χ0) is 17.2. The molecule has 8 heteroatoms. The second-order valence-electron chi connectivity index (χ2n) is 6.30. The molecular formula is C16H19N7O. The van der Waals surface area contributed by atoms with Crippen LogP contribution in [0.5, 0.6) is 0 Å². The van der Waals surface area contributed by atoms with E-state index in [-0.39, 0.29) is 11.6 Å². The normalized spacial score (nSPS) is 11.3. The Balaban J connectivity index is 1.70. The molecule has 3 heterocycles. The first kappa shape index (κ1) is 15.7. The van der Waals surface area contributed by atoms with Gasteiger partial charge in [-0.05, 0) is 32.9 Å². The molecule has 0 spiro atoms. The van der Waals surface area contributed by atoms with Crippen LogP contribution in [0.1, 0.15) is 20.8 Å². The number of aromatic amines is 1. The Morgan fingerprint density at radius 1 is 1.21 bits per heavy atom. The number of carbonyl (C=O) groups excluding carboxylic acids is 1. The number of anilines is 2. The summed E-state index contributed by atoms with van der Waals surface area (Å²) in [4.78, 5) is 16.4. The Morgan fingerprint density at radius 2 is 2.04 bits per heavy atom. The summed E-state index contributed by atoms with van der Waals surface area (Å²) >= 11 is 0. The zero-order valence-electron chi connectivity index (χ0n) is 13.7. The summed E-state index contributed by atoms with van der Waals surface area (Å²) in [6.45, 7) is 6.11. The molecule has 2 amide bonds. The van der Waals surface area contributed by atoms with Crippen molar-refractivity contribution in [3.63, 3.8) is 0 Å². The molecule has 24 heavy (non-hydrogen) atoms. The number of urea groups is 1. The fourth-order valence-corrected chi connectivity index (χ4v) is 2.13. The lowest BCUT2D eigenvalue weighted by molar-refractivity contribution is 0.262. The summed E-state index contributed by atoms with van der Waals surface area (Å²) in [6.07, 6.45) is 6.62. The largest absolute Gasteiger partial charge is 0.323 e. The van der Waals surface area contributed by atoms with Crippen molar-refractivity contribution in [1.82, 2.24) is 25.0 Å². The van der Waals surface area contributed by atoms with Gasteiger partial charge in [0, 0.05) is 12.4 Å². The maximum Gasteiger partial charge on any atom is 0.323 e. The first-order valence-electron chi connectivity index (χ1n) is 7.51. The van der Waals surface area contributed by atoms with Crippen LogP contribution < -0.4 is 10.6 Å². The van der Waals surface area contributed by atoms with Crippen molar-refractivity contribution in [1.29, 1.82) is 0 Å². The summed E-state index contributed by atoms with van der Waals surface area (Å²) in [5.74, 6) is 0. The molecule has 0 aliphatic carbocycles. The zero-order valence-corrected chi connectivity index (χ0v) is 13.7. The fourth-order valence-electron chi connectivity index (χ4n) is 2.13. The number of nitrogens with zero attached hydrogens (tertiary/aromatic N) is 4. The maximum atomic E-state index is 12.2. The molecule has 3 N–H and O–H groups in total. The Hall–Kier alpha value is -3.16. The highest BCUT2D eigenvalue weighted by molar-refractivity contribution is 6.01. The standard InChI is InChI=1S/C16H19N7O/c1-16(2,3)23-10-11(8-19-23)20-15(24)21-13-9-18-22-14(13)12-6-4-5-7-17-12/h4-10H,1-3H3,(H,18,22)(H2,20,21,24). The number of aromatic nitrogens is 5. The van der Waals surface area contributed by atoms with E-state index in [1.165, 1.54) is 0 Å². The van der Waals surface area contributed by atoms with Crippen LogP contribution in [0.3, 0.4) is 0 Å². The van der Waals surface area contributed by atoms with Crippen LogP contribution in [0.4, 0.5) is 16.2 Å². The number of carbonyl (C=O) groups is 1. The molecule has 0 saturated carbocycles. The first-order chi connectivity index (χ1) is 11.4. The molecule has 0 bridgehead atoms. The van der Waals surface area contributed by atoms with Crippen molar-refractivity contribution in [3.8, 4) is 11.4 Å². The molecule has 3 aromatic heterocycles. The van der Waals surface area contributed by atoms with E-state index in [1.54, 1.807) is 29.5 Å². The molecule has 0 saturated heterocycles. The number of hydrogen-bond donors (Lipinski definition) is 3. The van der Waals surface area contributed by atoms with Gasteiger partial charge in [0.15, 0.2) is 0 Å². The van der Waals surface area contributed by atoms with Crippen LogP contribution in [0.15, 0.2) is 43.0 Å². The molecule has 0 atom stereocenters. The molecular weight excluding hydrogens is 306 g/mol. The molecule has 0 fully saturated rings. The van der Waals surface area contributed by atoms with Gasteiger partial charge in [0.1, 0.15) is 5.69 Å². The lowest BCUT2D eigenvalue weighted by atomic mass is 10.1. The van der Waals surface area contributed by atoms with Crippen molar-refractivity contribution in [3.05, 3.63) is 43.0 Å². The Labute approximate surface area is 139 Å². The number of hydrogen-bond acceptors (Lipinski definition) is 4. The van der Waals surface area contributed by atoms with Crippen molar-refractivity contribution >= 4 is 17.4 Å². The molecule has 124 valence electrons. The van der Waals surface area contributed by atoms with Gasteiger partial charge >= 0.3 is 6.03 Å². The minimum atomic E-state index is -0.373. The maximum absolute atomic E-state index is 12.2. The van der Waals surface area contributed by atoms with Gasteiger partial charge in [-0.25, -0.2) is 4.79 Å². The predicted octanol–water partition coefficient (Wildman–Crippen LogP) is 3.07. The van der Waals surface area contributed by atoms with Crippen LogP contribution in [0.25, 0.3) is 11.4 Å². The first-order valence-corrected chi connectivity index (χ1v) is 7.51. The molecule has 0 radical (unpaired) electrons. The highest BCUT2D eigenvalue weighted by Gasteiger charge is 2.16. The third kappa shape index (κ3) is 3.43. The SMILES string of the molecule is CC(C)(C)n1cc(NC(=O)Nc2cn[nH]c2-c2ccccn2)cn1. The van der Waals surface area contributed by atoms with Crippen LogP contribution in [0.2, 0.25) is 0 Å². The summed E-state index contributed by atoms with van der Waals surface area (Å²) in [6, 6.07) is 5.16. The second-order valence-corrected chi connectivity index (χ2v) is 6.30. The molecule has 0 aromatic carbocycles. The van der Waals surface area contributed by atoms with Crippen LogP contribution in [-0.2, 0) is 5.54 Å². The lowest BCUT2D eigenvalue weighted by Crippen LogP contribution is -2.22. The minimum Gasteiger partial charge on any atom is -0.305 e. The number of amides is 2. The van der Waals surface area contributed by atoms with Gasteiger partial charge in [0.05, 0.1) is 35.0 Å². The average Bonchev–Trinajstić information content (AvgIpc) is 3.17. The molecule has 0 aliphatic heterocycles. The quantitative estimate of drug-likeness (QED) is 0.689. The van der Waals surface area contributed by atoms with E-state index in [4.69, 9.17) is 0 Å². The summed E-state index contributed by atoms with van der Waals surface area (Å²) in [5, 5.41) is 16.6. The van der Waals surface area contributed by atoms with E-state index < -0.39 is 0 Å². The van der Waals surface area contributed by atoms with E-state index in [9.17, 15) is 4.79 Å². The Kier molecular flexibility index (Phi) is 4.03. The van der Waals surface area contributed by atoms with E-state index >= 15 is 0 Å². The van der Waals surface area contributed by atoms with Gasteiger partial charge in [-0.3, -0.25) is 14.8 Å². The van der Waals surface area contributed by atoms with E-state index in [0.29, 0.717) is 22.8 Å². The van der Waals surface area contributed by atoms with Gasteiger partial charge in [0.25, 0.3) is 0 Å². The molecule has 0 aliphatic rings. The number of pyridine rings is 1. The third-order valence-electron chi connectivity index (χ3n) is 3.34. The van der Waals surface area contributed by atoms with E-state index in [1.807, 2.05) is 39.0 Å². The van der Waals surface area contributed by atoms with Crippen molar-refractivity contribution in [2.75, 3.05) is 10.6 Å². The van der Waals surface area contributed by atoms with Crippen LogP contribution in [0, 0.1) is 0 Å². The number of rotatable bonds is 3. The van der Waals surface area contributed by atoms with Gasteiger partial charge in [-0.2, -0.15) is 10.2 Å². The summed E-state index contributed by atoms with van der Waals surface area (Å²) in [7, 11) is 0. The predicted molar refractivity (Wildman–Crippen MR) is 91.7 cm³/mol. The lowest BCUT2D eigenvalue weighted by Gasteiger charge is -2.18. The summed E-state index contributed by atoms with van der Waals surface area (Å²) in [5.41, 5.74) is 2.37. The third-order valence-corrected chi connectivity index (χ3v) is 3.34. The highest BCUT2D eigenvalue weighted by atomic mass is 16.2. The second kappa shape index (κ2) is 6.15. The Bertz CT molecular complexity index is 829. The fraction of sp³-hybridized carbons (Fsp3) is 0.250. The topological polar surface area (TPSA) is 101 Å². The van der Waals surface area contributed by atoms with Gasteiger partial charge in [-0.1, -0.05) is 6.07 Å². The smallest absolute Gasteiger partial charge is 0.305 e. The summed E-state index contributed by atoms with van der Waals surface area (Å²) < 4.78 is 1.79. The average molecular weight is 325 g/mol. The number of nitrogens with one attached hydrogen (secondary N) is 3. The monoisotopic (exact) mass is 325 g/mol. The number of H-pyrrole nitrogens is 1. The van der Waals surface area contributed by atoms with Crippen LogP contribution in [-0.4, -0.2) is 31.0 Å². The van der Waals surface area contributed by atoms with E-state index in [2.05, 4.69) is 30.9 Å². The van der Waals surface area contributed by atoms with Gasteiger partial charge in [0.2, 0.25) is 0 Å². The van der Waals surface area contributed by atoms with Gasteiger partial charge in [-0.15, -0.1) is 0 Å². The van der Waals surface area contributed by atoms with Gasteiger partial charge < -0.3 is 10.6 Å². The highest BCUT2D eigenvalue weighted by Crippen LogP contribution is 2.23. The molecule has 8 nitrogen and oxygen atoms in total. The van der Waals surface area contributed by atoms with Crippen molar-refractivity contribution in [2.45, 2.75) is 26.3 Å². The Morgan fingerprint density at radius 3 is 2.71 bits per heavy atom. The molecule has 3 rings (SSSR count). The molecule has 0 unspecified atom stereocenters. The van der Waals surface area contributed by atoms with Crippen molar-refractivity contribution < 1.29 is 4.79 Å². The van der Waals surface area contributed by atoms with E-state index in [0.717, 1.165) is 0 Å². The minimum absolute atomic E-state index is 0.146. The van der Waals surface area contributed by atoms with Crippen molar-refractivity contribution in [2.24, 2.45) is 0 Å². The van der Waals surface area contributed by atoms with Crippen LogP contribution >= 0.6 is 0 Å². The molecule has 3 aromatic rings.